The van der Waals surface area contributed by atoms with Crippen LogP contribution in [-0.2, 0) is 16.1 Å². The molecule has 6 nitrogen and oxygen atoms in total. The van der Waals surface area contributed by atoms with Crippen LogP contribution in [0.25, 0.3) is 0 Å². The SMILES string of the molecule is O=C(O)C[C@@H]1COCCN1CCCn1cccn1. The highest BCUT2D eigenvalue weighted by molar-refractivity contribution is 5.67. The number of nitrogens with zero attached hydrogens (tertiary/aromatic N) is 3. The highest BCUT2D eigenvalue weighted by atomic mass is 16.5. The van der Waals surface area contributed by atoms with Gasteiger partial charge in [0.05, 0.1) is 19.6 Å². The van der Waals surface area contributed by atoms with E-state index < -0.39 is 5.97 Å². The van der Waals surface area contributed by atoms with Crippen molar-refractivity contribution in [3.05, 3.63) is 18.5 Å². The lowest BCUT2D eigenvalue weighted by atomic mass is 10.1. The average Bonchev–Trinajstić information content (AvgIpc) is 2.84. The standard InChI is InChI=1S/C12H19N3O3/c16-12(17)9-11-10-18-8-7-14(11)4-2-6-15-5-1-3-13-15/h1,3,5,11H,2,4,6-10H2,(H,16,17)/t11-/m1/s1. The van der Waals surface area contributed by atoms with Crippen LogP contribution in [0.5, 0.6) is 0 Å². The molecule has 2 rings (SSSR count). The van der Waals surface area contributed by atoms with Crippen molar-refractivity contribution >= 4 is 5.97 Å². The van der Waals surface area contributed by atoms with Gasteiger partial charge in [-0.25, -0.2) is 0 Å². The zero-order chi connectivity index (χ0) is 12.8. The number of hydrogen-bond acceptors (Lipinski definition) is 4. The summed E-state index contributed by atoms with van der Waals surface area (Å²) in [5.74, 6) is -0.762. The fourth-order valence-electron chi connectivity index (χ4n) is 2.24. The summed E-state index contributed by atoms with van der Waals surface area (Å²) in [6.45, 7) is 3.79. The van der Waals surface area contributed by atoms with E-state index in [4.69, 9.17) is 9.84 Å². The van der Waals surface area contributed by atoms with Crippen LogP contribution >= 0.6 is 0 Å². The van der Waals surface area contributed by atoms with Gasteiger partial charge in [-0.05, 0) is 12.5 Å². The molecule has 0 radical (unpaired) electrons. The Morgan fingerprint density at radius 3 is 3.11 bits per heavy atom. The number of aliphatic carboxylic acids is 1. The molecule has 1 aliphatic heterocycles. The molecule has 100 valence electrons. The van der Waals surface area contributed by atoms with Crippen molar-refractivity contribution in [2.75, 3.05) is 26.3 Å². The lowest BCUT2D eigenvalue weighted by molar-refractivity contribution is -0.140. The normalized spacial score (nSPS) is 21.0. The highest BCUT2D eigenvalue weighted by Crippen LogP contribution is 2.11. The minimum atomic E-state index is -0.762. The summed E-state index contributed by atoms with van der Waals surface area (Å²) in [7, 11) is 0. The first-order valence-electron chi connectivity index (χ1n) is 6.27. The van der Waals surface area contributed by atoms with Crippen molar-refractivity contribution in [3.8, 4) is 0 Å². The molecule has 1 N–H and O–H groups in total. The van der Waals surface area contributed by atoms with Gasteiger partial charge < -0.3 is 9.84 Å². The Labute approximate surface area is 106 Å². The zero-order valence-corrected chi connectivity index (χ0v) is 10.4. The van der Waals surface area contributed by atoms with Gasteiger partial charge in [0, 0.05) is 38.1 Å². The van der Waals surface area contributed by atoms with Crippen molar-refractivity contribution in [2.45, 2.75) is 25.4 Å². The first-order chi connectivity index (χ1) is 8.75. The first-order valence-corrected chi connectivity index (χ1v) is 6.27. The molecule has 1 atom stereocenters. The van der Waals surface area contributed by atoms with E-state index in [1.54, 1.807) is 6.20 Å². The van der Waals surface area contributed by atoms with Gasteiger partial charge in [0.1, 0.15) is 0 Å². The van der Waals surface area contributed by atoms with Crippen LogP contribution in [0.3, 0.4) is 0 Å². The van der Waals surface area contributed by atoms with Crippen molar-refractivity contribution in [2.24, 2.45) is 0 Å². The Kier molecular flexibility index (Phi) is 4.72. The highest BCUT2D eigenvalue weighted by Gasteiger charge is 2.24. The van der Waals surface area contributed by atoms with Crippen LogP contribution in [0.2, 0.25) is 0 Å². The van der Waals surface area contributed by atoms with Gasteiger partial charge in [-0.1, -0.05) is 0 Å². The van der Waals surface area contributed by atoms with E-state index in [0.717, 1.165) is 26.1 Å². The molecule has 18 heavy (non-hydrogen) atoms. The predicted molar refractivity (Wildman–Crippen MR) is 65.3 cm³/mol. The number of carboxylic acids is 1. The maximum absolute atomic E-state index is 10.8. The molecule has 1 saturated heterocycles. The molecule has 1 fully saturated rings. The number of rotatable bonds is 6. The molecular formula is C12H19N3O3. The Morgan fingerprint density at radius 2 is 2.39 bits per heavy atom. The molecule has 0 aromatic carbocycles. The Morgan fingerprint density at radius 1 is 1.50 bits per heavy atom. The largest absolute Gasteiger partial charge is 0.481 e. The zero-order valence-electron chi connectivity index (χ0n) is 10.4. The van der Waals surface area contributed by atoms with Gasteiger partial charge in [0.15, 0.2) is 0 Å². The third-order valence-electron chi connectivity index (χ3n) is 3.15. The van der Waals surface area contributed by atoms with Gasteiger partial charge >= 0.3 is 5.97 Å². The molecule has 0 amide bonds. The van der Waals surface area contributed by atoms with Gasteiger partial charge in [0.25, 0.3) is 0 Å². The van der Waals surface area contributed by atoms with Crippen molar-refractivity contribution in [3.63, 3.8) is 0 Å². The van der Waals surface area contributed by atoms with E-state index >= 15 is 0 Å². The number of ether oxygens (including phenoxy) is 1. The molecule has 0 spiro atoms. The van der Waals surface area contributed by atoms with E-state index in [1.807, 2.05) is 16.9 Å². The Balaban J connectivity index is 1.76. The van der Waals surface area contributed by atoms with Gasteiger partial charge in [-0.15, -0.1) is 0 Å². The van der Waals surface area contributed by atoms with E-state index in [9.17, 15) is 4.79 Å². The van der Waals surface area contributed by atoms with Crippen LogP contribution in [0, 0.1) is 0 Å². The summed E-state index contributed by atoms with van der Waals surface area (Å²) in [5.41, 5.74) is 0. The molecule has 0 unspecified atom stereocenters. The average molecular weight is 253 g/mol. The van der Waals surface area contributed by atoms with Gasteiger partial charge in [0.2, 0.25) is 0 Å². The van der Waals surface area contributed by atoms with Crippen molar-refractivity contribution < 1.29 is 14.6 Å². The topological polar surface area (TPSA) is 67.6 Å². The van der Waals surface area contributed by atoms with Crippen LogP contribution in [0.1, 0.15) is 12.8 Å². The van der Waals surface area contributed by atoms with E-state index in [2.05, 4.69) is 10.00 Å². The fraction of sp³-hybridized carbons (Fsp3) is 0.667. The summed E-state index contributed by atoms with van der Waals surface area (Å²) >= 11 is 0. The predicted octanol–water partition coefficient (Wildman–Crippen LogP) is 0.449. The number of carbonyl (C=O) groups is 1. The van der Waals surface area contributed by atoms with Crippen LogP contribution < -0.4 is 0 Å². The number of carboxylic acid groups (broad SMARTS) is 1. The molecular weight excluding hydrogens is 234 g/mol. The number of morpholine rings is 1. The molecule has 0 aliphatic carbocycles. The summed E-state index contributed by atoms with van der Waals surface area (Å²) in [4.78, 5) is 13.0. The molecule has 6 heteroatoms. The lowest BCUT2D eigenvalue weighted by Gasteiger charge is -2.34. The Hall–Kier alpha value is -1.40. The lowest BCUT2D eigenvalue weighted by Crippen LogP contribution is -2.46. The van der Waals surface area contributed by atoms with Crippen LogP contribution in [0.4, 0.5) is 0 Å². The second-order valence-corrected chi connectivity index (χ2v) is 4.49. The van der Waals surface area contributed by atoms with E-state index in [0.29, 0.717) is 13.2 Å². The summed E-state index contributed by atoms with van der Waals surface area (Å²) in [6.07, 6.45) is 4.83. The first kappa shape index (κ1) is 13.0. The second-order valence-electron chi connectivity index (χ2n) is 4.49. The molecule has 1 aromatic rings. The van der Waals surface area contributed by atoms with Crippen LogP contribution in [0.15, 0.2) is 18.5 Å². The quantitative estimate of drug-likeness (QED) is 0.797. The number of aryl methyl sites for hydroxylation is 1. The van der Waals surface area contributed by atoms with E-state index in [-0.39, 0.29) is 12.5 Å². The molecule has 0 saturated carbocycles. The van der Waals surface area contributed by atoms with Gasteiger partial charge in [-0.3, -0.25) is 14.4 Å². The maximum atomic E-state index is 10.8. The van der Waals surface area contributed by atoms with E-state index in [1.165, 1.54) is 0 Å². The summed E-state index contributed by atoms with van der Waals surface area (Å²) in [6, 6.07) is 1.91. The third kappa shape index (κ3) is 3.82. The van der Waals surface area contributed by atoms with Crippen molar-refractivity contribution in [1.29, 1.82) is 0 Å². The molecule has 0 bridgehead atoms. The minimum absolute atomic E-state index is 0.00821. The molecule has 2 heterocycles. The van der Waals surface area contributed by atoms with Crippen LogP contribution in [-0.4, -0.2) is 58.1 Å². The van der Waals surface area contributed by atoms with Crippen molar-refractivity contribution in [1.82, 2.24) is 14.7 Å². The minimum Gasteiger partial charge on any atom is -0.481 e. The second kappa shape index (κ2) is 6.51. The Bertz CT molecular complexity index is 367. The number of hydrogen-bond donors (Lipinski definition) is 1. The molecule has 1 aliphatic rings. The summed E-state index contributed by atoms with van der Waals surface area (Å²) < 4.78 is 7.24. The smallest absolute Gasteiger partial charge is 0.305 e. The maximum Gasteiger partial charge on any atom is 0.305 e. The summed E-state index contributed by atoms with van der Waals surface area (Å²) in [5, 5.41) is 13.0. The monoisotopic (exact) mass is 253 g/mol. The van der Waals surface area contributed by atoms with Gasteiger partial charge in [-0.2, -0.15) is 5.10 Å². The third-order valence-corrected chi connectivity index (χ3v) is 3.15. The number of aromatic nitrogens is 2. The molecule has 1 aromatic heterocycles. The fourth-order valence-corrected chi connectivity index (χ4v) is 2.24.